The quantitative estimate of drug-likeness (QED) is 0.917. The Kier molecular flexibility index (Phi) is 3.59. The number of carbonyl (C=O) groups is 2. The maximum absolute atomic E-state index is 12.7. The monoisotopic (exact) mass is 301 g/mol. The van der Waals surface area contributed by atoms with Gasteiger partial charge in [-0.3, -0.25) is 9.59 Å². The Morgan fingerprint density at radius 3 is 2.82 bits per heavy atom. The zero-order valence-electron chi connectivity index (χ0n) is 13.4. The molecule has 2 aliphatic rings. The molecule has 1 aliphatic carbocycles. The van der Waals surface area contributed by atoms with Crippen LogP contribution in [0.4, 0.5) is 5.69 Å². The van der Waals surface area contributed by atoms with Gasteiger partial charge in [-0.1, -0.05) is 6.07 Å². The third-order valence-electron chi connectivity index (χ3n) is 5.03. The van der Waals surface area contributed by atoms with Crippen molar-refractivity contribution < 1.29 is 9.59 Å². The fourth-order valence-electron chi connectivity index (χ4n) is 3.51. The van der Waals surface area contributed by atoms with Crippen LogP contribution >= 0.6 is 0 Å². The second-order valence-corrected chi connectivity index (χ2v) is 6.65. The van der Waals surface area contributed by atoms with Crippen LogP contribution in [0.2, 0.25) is 0 Å². The van der Waals surface area contributed by atoms with Crippen LogP contribution < -0.4 is 10.2 Å². The molecule has 0 bridgehead atoms. The average molecular weight is 301 g/mol. The Bertz CT molecular complexity index is 614. The van der Waals surface area contributed by atoms with E-state index in [1.165, 1.54) is 0 Å². The summed E-state index contributed by atoms with van der Waals surface area (Å²) in [5.41, 5.74) is 1.78. The van der Waals surface area contributed by atoms with Gasteiger partial charge in [0.15, 0.2) is 0 Å². The van der Waals surface area contributed by atoms with E-state index in [1.807, 2.05) is 48.2 Å². The molecular formula is C17H23N3O2. The number of carbonyl (C=O) groups excluding carboxylic acids is 2. The van der Waals surface area contributed by atoms with E-state index < -0.39 is 0 Å². The van der Waals surface area contributed by atoms with Gasteiger partial charge in [0.25, 0.3) is 5.91 Å². The lowest BCUT2D eigenvalue weighted by Gasteiger charge is -2.18. The minimum atomic E-state index is 0.0366. The molecule has 2 fully saturated rings. The molecule has 118 valence electrons. The molecule has 2 amide bonds. The minimum absolute atomic E-state index is 0.0366. The Labute approximate surface area is 131 Å². The van der Waals surface area contributed by atoms with E-state index in [9.17, 15) is 9.59 Å². The fourth-order valence-corrected chi connectivity index (χ4v) is 3.51. The molecule has 5 heteroatoms. The second kappa shape index (κ2) is 5.30. The molecular weight excluding hydrogens is 278 g/mol. The van der Waals surface area contributed by atoms with Crippen LogP contribution in [-0.2, 0) is 4.79 Å². The average Bonchev–Trinajstić information content (AvgIpc) is 3.06. The highest BCUT2D eigenvalue weighted by Gasteiger charge is 2.61. The van der Waals surface area contributed by atoms with Crippen LogP contribution in [0.25, 0.3) is 0 Å². The smallest absolute Gasteiger partial charge is 0.253 e. The van der Waals surface area contributed by atoms with E-state index in [4.69, 9.17) is 0 Å². The highest BCUT2D eigenvalue weighted by Crippen LogP contribution is 2.58. The van der Waals surface area contributed by atoms with E-state index in [1.54, 1.807) is 7.05 Å². The van der Waals surface area contributed by atoms with E-state index in [0.717, 1.165) is 30.6 Å². The summed E-state index contributed by atoms with van der Waals surface area (Å²) in [4.78, 5) is 28.4. The lowest BCUT2D eigenvalue weighted by molar-refractivity contribution is -0.122. The Morgan fingerprint density at radius 2 is 2.14 bits per heavy atom. The number of nitrogens with zero attached hydrogens (tertiary/aromatic N) is 2. The van der Waals surface area contributed by atoms with Crippen molar-refractivity contribution in [1.29, 1.82) is 0 Å². The highest BCUT2D eigenvalue weighted by molar-refractivity contribution is 5.95. The van der Waals surface area contributed by atoms with Gasteiger partial charge < -0.3 is 15.1 Å². The lowest BCUT2D eigenvalue weighted by atomic mass is 10.0. The molecule has 0 aromatic heterocycles. The lowest BCUT2D eigenvalue weighted by Crippen LogP contribution is -2.30. The van der Waals surface area contributed by atoms with Crippen LogP contribution in [0, 0.1) is 11.3 Å². The number of hydrogen-bond donors (Lipinski definition) is 1. The largest absolute Gasteiger partial charge is 0.378 e. The van der Waals surface area contributed by atoms with Gasteiger partial charge in [0.1, 0.15) is 0 Å². The van der Waals surface area contributed by atoms with Crippen LogP contribution in [-0.4, -0.2) is 50.9 Å². The first-order valence-corrected chi connectivity index (χ1v) is 7.75. The van der Waals surface area contributed by atoms with Crippen molar-refractivity contribution in [3.63, 3.8) is 0 Å². The molecule has 1 saturated carbocycles. The molecule has 1 N–H and O–H groups in total. The Hall–Kier alpha value is -2.04. The minimum Gasteiger partial charge on any atom is -0.378 e. The topological polar surface area (TPSA) is 52.7 Å². The van der Waals surface area contributed by atoms with Crippen LogP contribution in [0.5, 0.6) is 0 Å². The summed E-state index contributed by atoms with van der Waals surface area (Å²) >= 11 is 0. The molecule has 3 rings (SSSR count). The van der Waals surface area contributed by atoms with Gasteiger partial charge in [0, 0.05) is 56.8 Å². The maximum atomic E-state index is 12.7. The van der Waals surface area contributed by atoms with E-state index in [-0.39, 0.29) is 23.1 Å². The fraction of sp³-hybridized carbons (Fsp3) is 0.529. The summed E-state index contributed by atoms with van der Waals surface area (Å²) in [7, 11) is 5.61. The van der Waals surface area contributed by atoms with Crippen LogP contribution in [0.15, 0.2) is 24.3 Å². The standard InChI is InChI=1S/C17H23N3O2/c1-18-15(21)14-10-17(14)7-8-20(11-17)16(22)12-5-4-6-13(9-12)19(2)3/h4-6,9,14H,7-8,10-11H2,1-3H3,(H,18,21). The predicted octanol–water partition coefficient (Wildman–Crippen LogP) is 1.35. The number of nitrogens with one attached hydrogen (secondary N) is 1. The van der Waals surface area contributed by atoms with Crippen molar-refractivity contribution in [3.05, 3.63) is 29.8 Å². The van der Waals surface area contributed by atoms with Crippen molar-refractivity contribution in [2.75, 3.05) is 39.1 Å². The number of likely N-dealkylation sites (tertiary alicyclic amines) is 1. The van der Waals surface area contributed by atoms with Gasteiger partial charge >= 0.3 is 0 Å². The third kappa shape index (κ3) is 2.45. The molecule has 1 heterocycles. The zero-order chi connectivity index (χ0) is 15.9. The predicted molar refractivity (Wildman–Crippen MR) is 85.9 cm³/mol. The Balaban J connectivity index is 1.70. The van der Waals surface area contributed by atoms with Gasteiger partial charge in [0.05, 0.1) is 0 Å². The van der Waals surface area contributed by atoms with Crippen molar-refractivity contribution in [2.45, 2.75) is 12.8 Å². The molecule has 2 atom stereocenters. The Morgan fingerprint density at radius 1 is 1.36 bits per heavy atom. The molecule has 1 saturated heterocycles. The third-order valence-corrected chi connectivity index (χ3v) is 5.03. The van der Waals surface area contributed by atoms with Gasteiger partial charge in [-0.05, 0) is 31.0 Å². The summed E-state index contributed by atoms with van der Waals surface area (Å²) in [5.74, 6) is 0.274. The molecule has 22 heavy (non-hydrogen) atoms. The highest BCUT2D eigenvalue weighted by atomic mass is 16.2. The summed E-state index contributed by atoms with van der Waals surface area (Å²) in [6, 6.07) is 7.70. The number of benzene rings is 1. The molecule has 1 spiro atoms. The zero-order valence-corrected chi connectivity index (χ0v) is 13.4. The summed E-state index contributed by atoms with van der Waals surface area (Å²) in [6.07, 6.45) is 1.85. The molecule has 5 nitrogen and oxygen atoms in total. The van der Waals surface area contributed by atoms with Gasteiger partial charge in [-0.2, -0.15) is 0 Å². The molecule has 0 radical (unpaired) electrons. The SMILES string of the molecule is CNC(=O)C1CC12CCN(C(=O)c1cccc(N(C)C)c1)C2. The van der Waals surface area contributed by atoms with Gasteiger partial charge in [0.2, 0.25) is 5.91 Å². The maximum Gasteiger partial charge on any atom is 0.253 e. The summed E-state index contributed by atoms with van der Waals surface area (Å²) < 4.78 is 0. The second-order valence-electron chi connectivity index (χ2n) is 6.65. The normalized spacial score (nSPS) is 26.1. The van der Waals surface area contributed by atoms with Crippen molar-refractivity contribution >= 4 is 17.5 Å². The van der Waals surface area contributed by atoms with Crippen LogP contribution in [0.1, 0.15) is 23.2 Å². The van der Waals surface area contributed by atoms with E-state index >= 15 is 0 Å². The summed E-state index contributed by atoms with van der Waals surface area (Å²) in [6.45, 7) is 1.45. The summed E-state index contributed by atoms with van der Waals surface area (Å²) in [5, 5.41) is 2.73. The molecule has 2 unspecified atom stereocenters. The van der Waals surface area contributed by atoms with Crippen LogP contribution in [0.3, 0.4) is 0 Å². The van der Waals surface area contributed by atoms with E-state index in [0.29, 0.717) is 6.54 Å². The number of rotatable bonds is 3. The molecule has 1 aliphatic heterocycles. The van der Waals surface area contributed by atoms with Crippen molar-refractivity contribution in [2.24, 2.45) is 11.3 Å². The van der Waals surface area contributed by atoms with Crippen molar-refractivity contribution in [1.82, 2.24) is 10.2 Å². The van der Waals surface area contributed by atoms with Gasteiger partial charge in [-0.25, -0.2) is 0 Å². The first kappa shape index (κ1) is 14.9. The number of hydrogen-bond acceptors (Lipinski definition) is 3. The number of anilines is 1. The first-order chi connectivity index (χ1) is 10.5. The van der Waals surface area contributed by atoms with E-state index in [2.05, 4.69) is 5.32 Å². The van der Waals surface area contributed by atoms with Gasteiger partial charge in [-0.15, -0.1) is 0 Å². The molecule has 1 aromatic rings. The molecule has 1 aromatic carbocycles. The first-order valence-electron chi connectivity index (χ1n) is 7.75. The van der Waals surface area contributed by atoms with Crippen molar-refractivity contribution in [3.8, 4) is 0 Å². The number of amides is 2.